The van der Waals surface area contributed by atoms with Crippen molar-refractivity contribution in [2.45, 2.75) is 125 Å². The van der Waals surface area contributed by atoms with Gasteiger partial charge in [-0.05, 0) is 76.5 Å². The predicted molar refractivity (Wildman–Crippen MR) is 126 cm³/mol. The molecule has 0 aromatic carbocycles. The number of amides is 1. The van der Waals surface area contributed by atoms with Gasteiger partial charge in [-0.1, -0.05) is 12.8 Å². The monoisotopic (exact) mass is 484 g/mol. The molecule has 33 heavy (non-hydrogen) atoms. The third kappa shape index (κ3) is 5.11. The Labute approximate surface area is 198 Å². The first kappa shape index (κ1) is 23.9. The number of piperazine rings is 1. The van der Waals surface area contributed by atoms with Gasteiger partial charge in [0.2, 0.25) is 15.9 Å². The lowest BCUT2D eigenvalue weighted by molar-refractivity contribution is -0.125. The fourth-order valence-corrected chi connectivity index (χ4v) is 9.43. The lowest BCUT2D eigenvalue weighted by Crippen LogP contribution is -2.66. The van der Waals surface area contributed by atoms with E-state index in [0.29, 0.717) is 63.2 Å². The summed E-state index contributed by atoms with van der Waals surface area (Å²) >= 11 is 0. The van der Waals surface area contributed by atoms with Gasteiger partial charge in [0, 0.05) is 37.3 Å². The van der Waals surface area contributed by atoms with Crippen LogP contribution < -0.4 is 16.0 Å². The lowest BCUT2D eigenvalue weighted by atomic mass is 9.77. The molecule has 188 valence electrons. The first-order valence-corrected chi connectivity index (χ1v) is 14.9. The molecule has 3 saturated carbocycles. The number of carbonyl (C=O) groups excluding carboxylic acids is 1. The van der Waals surface area contributed by atoms with Crippen LogP contribution in [0.25, 0.3) is 0 Å². The van der Waals surface area contributed by atoms with E-state index in [2.05, 4.69) is 16.0 Å². The highest BCUT2D eigenvalue weighted by Gasteiger charge is 2.45. The average molecular weight is 485 g/mol. The number of nitrogens with one attached hydrogen (secondary N) is 3. The van der Waals surface area contributed by atoms with Crippen molar-refractivity contribution in [2.24, 2.45) is 5.92 Å². The minimum Gasteiger partial charge on any atom is -0.352 e. The summed E-state index contributed by atoms with van der Waals surface area (Å²) in [5.41, 5.74) is 0. The van der Waals surface area contributed by atoms with Crippen molar-refractivity contribution in [3.63, 3.8) is 0 Å². The number of halogens is 1. The summed E-state index contributed by atoms with van der Waals surface area (Å²) in [6.07, 6.45) is 10.0. The zero-order valence-corrected chi connectivity index (χ0v) is 20.5. The molecule has 6 unspecified atom stereocenters. The van der Waals surface area contributed by atoms with E-state index >= 15 is 0 Å². The van der Waals surface area contributed by atoms with Crippen molar-refractivity contribution in [3.05, 3.63) is 0 Å². The van der Waals surface area contributed by atoms with E-state index in [9.17, 15) is 17.6 Å². The molecule has 3 N–H and O–H groups in total. The van der Waals surface area contributed by atoms with Crippen LogP contribution >= 0.6 is 0 Å². The molecule has 7 nitrogen and oxygen atoms in total. The van der Waals surface area contributed by atoms with Gasteiger partial charge in [-0.3, -0.25) is 4.79 Å². The van der Waals surface area contributed by atoms with E-state index in [1.807, 2.05) is 0 Å². The summed E-state index contributed by atoms with van der Waals surface area (Å²) < 4.78 is 42.4. The summed E-state index contributed by atoms with van der Waals surface area (Å²) in [5.74, 6) is 0.415. The molecule has 0 radical (unpaired) electrons. The maximum absolute atomic E-state index is 13.6. The Morgan fingerprint density at radius 2 is 1.67 bits per heavy atom. The van der Waals surface area contributed by atoms with Gasteiger partial charge in [-0.25, -0.2) is 12.8 Å². The molecule has 2 heterocycles. The second-order valence-corrected chi connectivity index (χ2v) is 13.3. The molecule has 3 aliphatic carbocycles. The summed E-state index contributed by atoms with van der Waals surface area (Å²) in [7, 11) is -3.43. The second-order valence-electron chi connectivity index (χ2n) is 11.1. The SMILES string of the molecule is O=C(NC1CCC2CCCN(S(=O)(=O)C3CCC(F)CC3)C2C1)C1CNC2CCCCC2N1. The van der Waals surface area contributed by atoms with Crippen molar-refractivity contribution in [1.29, 1.82) is 0 Å². The number of nitrogens with zero attached hydrogens (tertiary/aromatic N) is 1. The Kier molecular flexibility index (Phi) is 7.31. The molecule has 2 aliphatic heterocycles. The van der Waals surface area contributed by atoms with Crippen LogP contribution in [0.2, 0.25) is 0 Å². The maximum Gasteiger partial charge on any atom is 0.238 e. The summed E-state index contributed by atoms with van der Waals surface area (Å²) in [6, 6.07) is 0.612. The number of hydrogen-bond donors (Lipinski definition) is 3. The number of fused-ring (bicyclic) bond motifs is 2. The first-order valence-electron chi connectivity index (χ1n) is 13.4. The van der Waals surface area contributed by atoms with Crippen LogP contribution in [-0.2, 0) is 14.8 Å². The maximum atomic E-state index is 13.6. The Morgan fingerprint density at radius 1 is 0.909 bits per heavy atom. The minimum absolute atomic E-state index is 0.0157. The van der Waals surface area contributed by atoms with Gasteiger partial charge in [0.25, 0.3) is 0 Å². The van der Waals surface area contributed by atoms with Gasteiger partial charge in [-0.2, -0.15) is 4.31 Å². The Hall–Kier alpha value is -0.770. The molecule has 9 heteroatoms. The fourth-order valence-electron chi connectivity index (χ4n) is 7.16. The normalized spacial score (nSPS) is 42.7. The number of alkyl halides is 1. The third-order valence-corrected chi connectivity index (χ3v) is 11.5. The summed E-state index contributed by atoms with van der Waals surface area (Å²) in [5, 5.41) is 9.95. The second kappa shape index (κ2) is 10.1. The van der Waals surface area contributed by atoms with Gasteiger partial charge >= 0.3 is 0 Å². The molecular formula is C24H41FN4O3S. The van der Waals surface area contributed by atoms with Crippen molar-refractivity contribution in [1.82, 2.24) is 20.3 Å². The van der Waals surface area contributed by atoms with Gasteiger partial charge in [0.1, 0.15) is 6.17 Å². The largest absolute Gasteiger partial charge is 0.352 e. The highest BCUT2D eigenvalue weighted by molar-refractivity contribution is 7.89. The minimum atomic E-state index is -3.43. The smallest absolute Gasteiger partial charge is 0.238 e. The number of piperidine rings is 1. The quantitative estimate of drug-likeness (QED) is 0.569. The summed E-state index contributed by atoms with van der Waals surface area (Å²) in [4.78, 5) is 13.1. The topological polar surface area (TPSA) is 90.5 Å². The Balaban J connectivity index is 1.21. The summed E-state index contributed by atoms with van der Waals surface area (Å²) in [6.45, 7) is 1.22. The first-order chi connectivity index (χ1) is 15.9. The average Bonchev–Trinajstić information content (AvgIpc) is 2.83. The fraction of sp³-hybridized carbons (Fsp3) is 0.958. The highest BCUT2D eigenvalue weighted by Crippen LogP contribution is 2.39. The van der Waals surface area contributed by atoms with Crippen LogP contribution in [0, 0.1) is 5.92 Å². The van der Waals surface area contributed by atoms with Crippen LogP contribution in [0.5, 0.6) is 0 Å². The van der Waals surface area contributed by atoms with Crippen molar-refractivity contribution >= 4 is 15.9 Å². The molecule has 0 aromatic rings. The van der Waals surface area contributed by atoms with E-state index < -0.39 is 21.4 Å². The van der Waals surface area contributed by atoms with E-state index in [4.69, 9.17) is 0 Å². The number of hydrogen-bond acceptors (Lipinski definition) is 5. The predicted octanol–water partition coefficient (Wildman–Crippen LogP) is 2.22. The van der Waals surface area contributed by atoms with Crippen LogP contribution in [-0.4, -0.2) is 73.4 Å². The van der Waals surface area contributed by atoms with E-state index in [-0.39, 0.29) is 24.0 Å². The van der Waals surface area contributed by atoms with E-state index in [1.54, 1.807) is 4.31 Å². The zero-order valence-electron chi connectivity index (χ0n) is 19.7. The van der Waals surface area contributed by atoms with Gasteiger partial charge in [-0.15, -0.1) is 0 Å². The molecule has 2 saturated heterocycles. The van der Waals surface area contributed by atoms with Crippen molar-refractivity contribution < 1.29 is 17.6 Å². The zero-order chi connectivity index (χ0) is 23.0. The van der Waals surface area contributed by atoms with Crippen LogP contribution in [0.3, 0.4) is 0 Å². The third-order valence-electron chi connectivity index (χ3n) is 9.06. The Morgan fingerprint density at radius 3 is 2.45 bits per heavy atom. The highest BCUT2D eigenvalue weighted by atomic mass is 32.2. The van der Waals surface area contributed by atoms with Crippen molar-refractivity contribution in [3.8, 4) is 0 Å². The van der Waals surface area contributed by atoms with Gasteiger partial charge < -0.3 is 16.0 Å². The Bertz CT molecular complexity index is 804. The van der Waals surface area contributed by atoms with Gasteiger partial charge in [0.15, 0.2) is 0 Å². The molecule has 0 bridgehead atoms. The van der Waals surface area contributed by atoms with E-state index in [0.717, 1.165) is 32.1 Å². The molecule has 5 rings (SSSR count). The molecule has 1 amide bonds. The number of carbonyl (C=O) groups is 1. The number of rotatable bonds is 4. The molecule has 6 atom stereocenters. The molecular weight excluding hydrogens is 443 g/mol. The molecule has 0 aromatic heterocycles. The molecule has 0 spiro atoms. The number of sulfonamides is 1. The van der Waals surface area contributed by atoms with Crippen LogP contribution in [0.4, 0.5) is 4.39 Å². The van der Waals surface area contributed by atoms with Crippen LogP contribution in [0.15, 0.2) is 0 Å². The lowest BCUT2D eigenvalue weighted by Gasteiger charge is -2.47. The molecule has 5 aliphatic rings. The molecule has 5 fully saturated rings. The van der Waals surface area contributed by atoms with Gasteiger partial charge in [0.05, 0.1) is 11.3 Å². The standard InChI is InChI=1S/C24H41FN4O3S/c25-17-8-11-19(12-9-17)33(31,32)29-13-3-4-16-7-10-18(14-23(16)29)27-24(30)22-15-26-20-5-1-2-6-21(20)28-22/h16-23,26,28H,1-15H2,(H,27,30). The van der Waals surface area contributed by atoms with E-state index in [1.165, 1.54) is 19.3 Å². The van der Waals surface area contributed by atoms with Crippen LogP contribution in [0.1, 0.15) is 83.5 Å². The van der Waals surface area contributed by atoms with Crippen molar-refractivity contribution in [2.75, 3.05) is 13.1 Å².